The summed E-state index contributed by atoms with van der Waals surface area (Å²) in [5.41, 5.74) is 1.86. The summed E-state index contributed by atoms with van der Waals surface area (Å²) in [7, 11) is 1.56. The molecule has 3 aromatic rings. The lowest BCUT2D eigenvalue weighted by molar-refractivity contribution is -0.383. The van der Waals surface area contributed by atoms with Crippen molar-refractivity contribution in [3.05, 3.63) is 58.3 Å². The molecule has 6 heteroatoms. The second kappa shape index (κ2) is 5.07. The highest BCUT2D eigenvalue weighted by Gasteiger charge is 2.24. The van der Waals surface area contributed by atoms with Crippen molar-refractivity contribution in [3.8, 4) is 17.2 Å². The van der Waals surface area contributed by atoms with Crippen molar-refractivity contribution in [1.82, 2.24) is 4.57 Å². The number of phenolic OH excluding ortho intramolecular Hbond substituents is 1. The van der Waals surface area contributed by atoms with Crippen LogP contribution in [0.3, 0.4) is 0 Å². The van der Waals surface area contributed by atoms with Crippen molar-refractivity contribution < 1.29 is 14.8 Å². The van der Waals surface area contributed by atoms with Crippen LogP contribution < -0.4 is 4.74 Å². The molecule has 0 amide bonds. The highest BCUT2D eigenvalue weighted by Crippen LogP contribution is 2.36. The fourth-order valence-corrected chi connectivity index (χ4v) is 2.70. The van der Waals surface area contributed by atoms with Crippen molar-refractivity contribution in [1.29, 1.82) is 0 Å². The molecule has 0 unspecified atom stereocenters. The van der Waals surface area contributed by atoms with Gasteiger partial charge in [-0.3, -0.25) is 10.1 Å². The van der Waals surface area contributed by atoms with E-state index in [1.807, 2.05) is 12.1 Å². The van der Waals surface area contributed by atoms with Gasteiger partial charge < -0.3 is 14.4 Å². The van der Waals surface area contributed by atoms with E-state index in [4.69, 9.17) is 4.74 Å². The van der Waals surface area contributed by atoms with Gasteiger partial charge in [-0.2, -0.15) is 0 Å². The molecular formula is C16H14N2O4. The average Bonchev–Trinajstić information content (AvgIpc) is 2.78. The Morgan fingerprint density at radius 3 is 2.68 bits per heavy atom. The van der Waals surface area contributed by atoms with E-state index in [0.717, 1.165) is 5.69 Å². The van der Waals surface area contributed by atoms with Gasteiger partial charge in [-0.1, -0.05) is 6.07 Å². The van der Waals surface area contributed by atoms with E-state index in [9.17, 15) is 15.2 Å². The highest BCUT2D eigenvalue weighted by atomic mass is 16.6. The number of hydrogen-bond donors (Lipinski definition) is 1. The Hall–Kier alpha value is -3.02. The van der Waals surface area contributed by atoms with Gasteiger partial charge in [-0.25, -0.2) is 0 Å². The maximum absolute atomic E-state index is 11.4. The van der Waals surface area contributed by atoms with Crippen LogP contribution in [-0.2, 0) is 0 Å². The minimum absolute atomic E-state index is 0.0396. The number of fused-ring (bicyclic) bond motifs is 1. The monoisotopic (exact) mass is 298 g/mol. The first-order valence-electron chi connectivity index (χ1n) is 6.65. The third-order valence-electron chi connectivity index (χ3n) is 3.65. The number of nitrogens with zero attached hydrogens (tertiary/aromatic N) is 2. The van der Waals surface area contributed by atoms with Gasteiger partial charge in [-0.05, 0) is 31.2 Å². The van der Waals surface area contributed by atoms with Crippen LogP contribution in [0.15, 0.2) is 42.5 Å². The van der Waals surface area contributed by atoms with Crippen molar-refractivity contribution in [2.24, 2.45) is 0 Å². The molecule has 3 rings (SSSR count). The zero-order chi connectivity index (χ0) is 15.9. The Morgan fingerprint density at radius 2 is 2.00 bits per heavy atom. The molecular weight excluding hydrogens is 284 g/mol. The van der Waals surface area contributed by atoms with Crippen LogP contribution in [0.4, 0.5) is 5.69 Å². The third kappa shape index (κ3) is 2.05. The zero-order valence-electron chi connectivity index (χ0n) is 12.1. The second-order valence-electron chi connectivity index (χ2n) is 4.93. The largest absolute Gasteiger partial charge is 0.508 e. The van der Waals surface area contributed by atoms with Gasteiger partial charge in [0.15, 0.2) is 0 Å². The fraction of sp³-hybridized carbons (Fsp3) is 0.125. The van der Waals surface area contributed by atoms with Gasteiger partial charge in [0, 0.05) is 17.8 Å². The lowest BCUT2D eigenvalue weighted by Gasteiger charge is -2.09. The predicted octanol–water partition coefficient (Wildman–Crippen LogP) is 3.56. The van der Waals surface area contributed by atoms with E-state index in [-0.39, 0.29) is 11.4 Å². The van der Waals surface area contributed by atoms with Crippen molar-refractivity contribution >= 4 is 16.6 Å². The van der Waals surface area contributed by atoms with E-state index in [2.05, 4.69) is 0 Å². The molecule has 0 aliphatic rings. The molecule has 0 spiro atoms. The molecule has 0 saturated heterocycles. The van der Waals surface area contributed by atoms with Gasteiger partial charge in [0.2, 0.25) is 0 Å². The molecule has 1 heterocycles. The summed E-state index contributed by atoms with van der Waals surface area (Å²) in [6.07, 6.45) is 0. The Morgan fingerprint density at radius 1 is 1.23 bits per heavy atom. The van der Waals surface area contributed by atoms with Crippen LogP contribution in [0.2, 0.25) is 0 Å². The van der Waals surface area contributed by atoms with Crippen molar-refractivity contribution in [2.75, 3.05) is 7.11 Å². The number of phenols is 1. The first-order valence-corrected chi connectivity index (χ1v) is 6.65. The van der Waals surface area contributed by atoms with Crippen LogP contribution in [-0.4, -0.2) is 21.7 Å². The number of aromatic nitrogens is 1. The summed E-state index contributed by atoms with van der Waals surface area (Å²) >= 11 is 0. The van der Waals surface area contributed by atoms with E-state index >= 15 is 0 Å². The normalized spacial score (nSPS) is 10.8. The van der Waals surface area contributed by atoms with E-state index in [1.165, 1.54) is 12.1 Å². The van der Waals surface area contributed by atoms with E-state index in [1.54, 1.807) is 36.8 Å². The van der Waals surface area contributed by atoms with Crippen LogP contribution in [0.25, 0.3) is 16.6 Å². The maximum atomic E-state index is 11.4. The summed E-state index contributed by atoms with van der Waals surface area (Å²) in [6, 6.07) is 11.8. The minimum Gasteiger partial charge on any atom is -0.508 e. The Labute approximate surface area is 126 Å². The van der Waals surface area contributed by atoms with Gasteiger partial charge in [0.25, 0.3) is 5.69 Å². The molecule has 0 saturated carbocycles. The van der Waals surface area contributed by atoms with Gasteiger partial charge in [0.1, 0.15) is 11.5 Å². The van der Waals surface area contributed by atoms with Crippen LogP contribution in [0, 0.1) is 17.0 Å². The number of aromatic hydroxyl groups is 1. The smallest absolute Gasteiger partial charge is 0.298 e. The first-order chi connectivity index (χ1) is 10.5. The number of benzene rings is 2. The Balaban J connectivity index is 2.39. The molecule has 1 aromatic heterocycles. The van der Waals surface area contributed by atoms with Crippen molar-refractivity contribution in [2.45, 2.75) is 6.92 Å². The molecule has 0 fully saturated rings. The van der Waals surface area contributed by atoms with Crippen LogP contribution in [0.5, 0.6) is 11.5 Å². The molecule has 0 radical (unpaired) electrons. The second-order valence-corrected chi connectivity index (χ2v) is 4.93. The van der Waals surface area contributed by atoms with Gasteiger partial charge >= 0.3 is 0 Å². The average molecular weight is 298 g/mol. The zero-order valence-corrected chi connectivity index (χ0v) is 12.1. The topological polar surface area (TPSA) is 77.5 Å². The lowest BCUT2D eigenvalue weighted by atomic mass is 10.2. The van der Waals surface area contributed by atoms with E-state index in [0.29, 0.717) is 22.3 Å². The summed E-state index contributed by atoms with van der Waals surface area (Å²) in [4.78, 5) is 11.0. The number of ether oxygens (including phenoxy) is 1. The molecule has 0 aliphatic carbocycles. The molecule has 6 nitrogen and oxygen atoms in total. The lowest BCUT2D eigenvalue weighted by Crippen LogP contribution is -1.98. The molecule has 22 heavy (non-hydrogen) atoms. The first kappa shape index (κ1) is 13.9. The molecule has 0 bridgehead atoms. The van der Waals surface area contributed by atoms with Crippen LogP contribution in [0.1, 0.15) is 5.69 Å². The number of rotatable bonds is 3. The maximum Gasteiger partial charge on any atom is 0.298 e. The van der Waals surface area contributed by atoms with Gasteiger partial charge in [0.05, 0.1) is 28.6 Å². The predicted molar refractivity (Wildman–Crippen MR) is 82.9 cm³/mol. The van der Waals surface area contributed by atoms with Crippen LogP contribution >= 0.6 is 0 Å². The van der Waals surface area contributed by atoms with E-state index < -0.39 is 4.92 Å². The SMILES string of the molecule is COc1cccc(-n2c(C)c([N+](=O)[O-])c3ccc(O)cc32)c1. The molecule has 0 atom stereocenters. The highest BCUT2D eigenvalue weighted by molar-refractivity contribution is 5.93. The molecule has 0 aliphatic heterocycles. The summed E-state index contributed by atoms with van der Waals surface area (Å²) in [5.74, 6) is 0.714. The summed E-state index contributed by atoms with van der Waals surface area (Å²) < 4.78 is 6.96. The fourth-order valence-electron chi connectivity index (χ4n) is 2.70. The molecule has 2 aromatic carbocycles. The molecule has 1 N–H and O–H groups in total. The summed E-state index contributed by atoms with van der Waals surface area (Å²) in [6.45, 7) is 1.69. The minimum atomic E-state index is -0.397. The van der Waals surface area contributed by atoms with Crippen molar-refractivity contribution in [3.63, 3.8) is 0 Å². The number of nitro groups is 1. The third-order valence-corrected chi connectivity index (χ3v) is 3.65. The van der Waals surface area contributed by atoms with Gasteiger partial charge in [-0.15, -0.1) is 0 Å². The number of methoxy groups -OCH3 is 1. The summed E-state index contributed by atoms with van der Waals surface area (Å²) in [5, 5.41) is 21.6. The standard InChI is InChI=1S/C16H14N2O4/c1-10-16(18(20)21)14-7-6-12(19)9-15(14)17(10)11-4-3-5-13(8-11)22-2/h3-9,19H,1-2H3. The Kier molecular flexibility index (Phi) is 3.21. The number of hydrogen-bond acceptors (Lipinski definition) is 4. The quantitative estimate of drug-likeness (QED) is 0.592. The molecule has 112 valence electrons. The Bertz CT molecular complexity index is 883.